The van der Waals surface area contributed by atoms with E-state index in [0.717, 1.165) is 30.2 Å². The first-order valence-corrected chi connectivity index (χ1v) is 9.71. The molecule has 0 unspecified atom stereocenters. The van der Waals surface area contributed by atoms with Gasteiger partial charge in [-0.15, -0.1) is 0 Å². The molecule has 0 aromatic heterocycles. The summed E-state index contributed by atoms with van der Waals surface area (Å²) < 4.78 is 29.7. The largest absolute Gasteiger partial charge is 0.496 e. The lowest BCUT2D eigenvalue weighted by Crippen LogP contribution is -2.35. The Morgan fingerprint density at radius 1 is 1.25 bits per heavy atom. The maximum absolute atomic E-state index is 12.4. The SMILES string of the molecule is CCN(CC)CCNC(=O)c1cc(N(C)S(C)(=O)=O)ccc1OC. The molecule has 0 bridgehead atoms. The second-order valence-corrected chi connectivity index (χ2v) is 7.41. The highest BCUT2D eigenvalue weighted by Crippen LogP contribution is 2.25. The number of ether oxygens (including phenoxy) is 1. The quantitative estimate of drug-likeness (QED) is 0.717. The van der Waals surface area contributed by atoms with Gasteiger partial charge in [0.15, 0.2) is 0 Å². The van der Waals surface area contributed by atoms with Crippen LogP contribution in [0.2, 0.25) is 0 Å². The van der Waals surface area contributed by atoms with E-state index in [1.807, 2.05) is 0 Å². The van der Waals surface area contributed by atoms with Crippen LogP contribution in [-0.4, -0.2) is 65.8 Å². The second kappa shape index (κ2) is 8.89. The number of amides is 1. The molecule has 24 heavy (non-hydrogen) atoms. The van der Waals surface area contributed by atoms with Crippen LogP contribution in [0.3, 0.4) is 0 Å². The van der Waals surface area contributed by atoms with Crippen molar-refractivity contribution in [2.45, 2.75) is 13.8 Å². The Morgan fingerprint density at radius 2 is 1.88 bits per heavy atom. The van der Waals surface area contributed by atoms with Crippen LogP contribution in [0.25, 0.3) is 0 Å². The number of nitrogens with zero attached hydrogens (tertiary/aromatic N) is 2. The number of rotatable bonds is 9. The Hall–Kier alpha value is -1.80. The van der Waals surface area contributed by atoms with Crippen LogP contribution < -0.4 is 14.4 Å². The molecule has 0 atom stereocenters. The van der Waals surface area contributed by atoms with Crippen LogP contribution in [0.15, 0.2) is 18.2 Å². The third-order valence-electron chi connectivity index (χ3n) is 3.90. The lowest BCUT2D eigenvalue weighted by atomic mass is 10.1. The molecule has 0 aliphatic carbocycles. The standard InChI is InChI=1S/C16H27N3O4S/c1-6-19(7-2)11-10-17-16(20)14-12-13(8-9-15(14)23-4)18(3)24(5,21)22/h8-9,12H,6-7,10-11H2,1-5H3,(H,17,20). The van der Waals surface area contributed by atoms with Gasteiger partial charge in [-0.1, -0.05) is 13.8 Å². The van der Waals surface area contributed by atoms with E-state index < -0.39 is 10.0 Å². The van der Waals surface area contributed by atoms with Crippen LogP contribution in [0.5, 0.6) is 5.75 Å². The van der Waals surface area contributed by atoms with Crippen molar-refractivity contribution in [2.75, 3.05) is 50.9 Å². The van der Waals surface area contributed by atoms with E-state index in [2.05, 4.69) is 24.1 Å². The van der Waals surface area contributed by atoms with E-state index in [-0.39, 0.29) is 5.91 Å². The van der Waals surface area contributed by atoms with Gasteiger partial charge in [0.2, 0.25) is 10.0 Å². The summed E-state index contributed by atoms with van der Waals surface area (Å²) in [7, 11) is -0.481. The number of hydrogen-bond acceptors (Lipinski definition) is 5. The number of sulfonamides is 1. The van der Waals surface area contributed by atoms with Gasteiger partial charge in [-0.25, -0.2) is 8.42 Å². The van der Waals surface area contributed by atoms with E-state index in [0.29, 0.717) is 23.5 Å². The van der Waals surface area contributed by atoms with Gasteiger partial charge in [0.05, 0.1) is 24.6 Å². The summed E-state index contributed by atoms with van der Waals surface area (Å²) in [6.07, 6.45) is 1.11. The predicted molar refractivity (Wildman–Crippen MR) is 96.4 cm³/mol. The lowest BCUT2D eigenvalue weighted by molar-refractivity contribution is 0.0946. The number of methoxy groups -OCH3 is 1. The minimum absolute atomic E-state index is 0.289. The molecular formula is C16H27N3O4S. The average molecular weight is 357 g/mol. The molecular weight excluding hydrogens is 330 g/mol. The van der Waals surface area contributed by atoms with E-state index >= 15 is 0 Å². The van der Waals surface area contributed by atoms with Crippen molar-refractivity contribution in [3.8, 4) is 5.75 Å². The fourth-order valence-electron chi connectivity index (χ4n) is 2.22. The van der Waals surface area contributed by atoms with Gasteiger partial charge in [0.25, 0.3) is 5.91 Å². The minimum Gasteiger partial charge on any atom is -0.496 e. The number of benzene rings is 1. The number of likely N-dealkylation sites (N-methyl/N-ethyl adjacent to an activating group) is 1. The molecule has 0 saturated heterocycles. The fourth-order valence-corrected chi connectivity index (χ4v) is 2.72. The van der Waals surface area contributed by atoms with Crippen molar-refractivity contribution in [3.05, 3.63) is 23.8 Å². The third-order valence-corrected chi connectivity index (χ3v) is 5.10. The molecule has 0 aliphatic rings. The summed E-state index contributed by atoms with van der Waals surface area (Å²) in [5.41, 5.74) is 0.720. The summed E-state index contributed by atoms with van der Waals surface area (Å²) in [6, 6.07) is 4.72. The third kappa shape index (κ3) is 5.38. The zero-order chi connectivity index (χ0) is 18.3. The van der Waals surface area contributed by atoms with Crippen LogP contribution in [0, 0.1) is 0 Å². The Morgan fingerprint density at radius 3 is 2.38 bits per heavy atom. The zero-order valence-electron chi connectivity index (χ0n) is 15.0. The maximum Gasteiger partial charge on any atom is 0.255 e. The number of hydrogen-bond donors (Lipinski definition) is 1. The van der Waals surface area contributed by atoms with Crippen molar-refractivity contribution in [1.29, 1.82) is 0 Å². The molecule has 0 radical (unpaired) electrons. The maximum atomic E-state index is 12.4. The van der Waals surface area contributed by atoms with Gasteiger partial charge >= 0.3 is 0 Å². The first-order chi connectivity index (χ1) is 11.2. The Kier molecular flexibility index (Phi) is 7.50. The molecule has 1 N–H and O–H groups in total. The highest BCUT2D eigenvalue weighted by molar-refractivity contribution is 7.92. The van der Waals surface area contributed by atoms with Gasteiger partial charge in [-0.2, -0.15) is 0 Å². The molecule has 1 rings (SSSR count). The molecule has 1 amide bonds. The number of nitrogens with one attached hydrogen (secondary N) is 1. The van der Waals surface area contributed by atoms with Crippen LogP contribution in [0.1, 0.15) is 24.2 Å². The zero-order valence-corrected chi connectivity index (χ0v) is 15.8. The minimum atomic E-state index is -3.40. The van der Waals surface area contributed by atoms with Gasteiger partial charge < -0.3 is 15.0 Å². The van der Waals surface area contributed by atoms with Gasteiger partial charge in [-0.3, -0.25) is 9.10 Å². The summed E-state index contributed by atoms with van der Waals surface area (Å²) in [5.74, 6) is 0.115. The van der Waals surface area contributed by atoms with Crippen molar-refractivity contribution < 1.29 is 17.9 Å². The van der Waals surface area contributed by atoms with E-state index in [1.165, 1.54) is 20.2 Å². The summed E-state index contributed by atoms with van der Waals surface area (Å²) in [6.45, 7) is 7.24. The monoisotopic (exact) mass is 357 g/mol. The first kappa shape index (κ1) is 20.2. The lowest BCUT2D eigenvalue weighted by Gasteiger charge is -2.20. The topological polar surface area (TPSA) is 79.0 Å². The van der Waals surface area contributed by atoms with Crippen LogP contribution >= 0.6 is 0 Å². The highest BCUT2D eigenvalue weighted by atomic mass is 32.2. The summed E-state index contributed by atoms with van der Waals surface area (Å²) in [4.78, 5) is 14.6. The summed E-state index contributed by atoms with van der Waals surface area (Å²) in [5, 5.41) is 2.85. The number of anilines is 1. The van der Waals surface area contributed by atoms with Crippen molar-refractivity contribution in [3.63, 3.8) is 0 Å². The van der Waals surface area contributed by atoms with Gasteiger partial charge in [0, 0.05) is 20.1 Å². The Bertz CT molecular complexity index is 657. The fraction of sp³-hybridized carbons (Fsp3) is 0.562. The molecule has 0 fully saturated rings. The molecule has 1 aromatic carbocycles. The Balaban J connectivity index is 2.93. The predicted octanol–water partition coefficient (Wildman–Crippen LogP) is 1.16. The van der Waals surface area contributed by atoms with Crippen molar-refractivity contribution >= 4 is 21.6 Å². The van der Waals surface area contributed by atoms with Crippen molar-refractivity contribution in [2.24, 2.45) is 0 Å². The van der Waals surface area contributed by atoms with E-state index in [1.54, 1.807) is 12.1 Å². The van der Waals surface area contributed by atoms with Crippen molar-refractivity contribution in [1.82, 2.24) is 10.2 Å². The molecule has 0 aliphatic heterocycles. The average Bonchev–Trinajstić information content (AvgIpc) is 2.56. The molecule has 1 aromatic rings. The number of carbonyl (C=O) groups excluding carboxylic acids is 1. The van der Waals surface area contributed by atoms with Crippen LogP contribution in [0.4, 0.5) is 5.69 Å². The molecule has 7 nitrogen and oxygen atoms in total. The molecule has 0 spiro atoms. The summed E-state index contributed by atoms with van der Waals surface area (Å²) >= 11 is 0. The second-order valence-electron chi connectivity index (χ2n) is 5.40. The van der Waals surface area contributed by atoms with E-state index in [4.69, 9.17) is 4.74 Å². The van der Waals surface area contributed by atoms with Gasteiger partial charge in [-0.05, 0) is 31.3 Å². The normalized spacial score (nSPS) is 11.4. The highest BCUT2D eigenvalue weighted by Gasteiger charge is 2.18. The van der Waals surface area contributed by atoms with E-state index in [9.17, 15) is 13.2 Å². The first-order valence-electron chi connectivity index (χ1n) is 7.87. The molecule has 8 heteroatoms. The van der Waals surface area contributed by atoms with Gasteiger partial charge in [0.1, 0.15) is 5.75 Å². The molecule has 0 heterocycles. The molecule has 0 saturated carbocycles. The number of carbonyl (C=O) groups is 1. The Labute approximate surface area is 144 Å². The van der Waals surface area contributed by atoms with Crippen LogP contribution in [-0.2, 0) is 10.0 Å². The smallest absolute Gasteiger partial charge is 0.255 e. The molecule has 136 valence electrons.